The van der Waals surface area contributed by atoms with Crippen LogP contribution in [0, 0.1) is 18.6 Å². The molecule has 0 amide bonds. The lowest BCUT2D eigenvalue weighted by molar-refractivity contribution is 0.162. The summed E-state index contributed by atoms with van der Waals surface area (Å²) < 4.78 is 27.0. The van der Waals surface area contributed by atoms with Gasteiger partial charge in [-0.15, -0.1) is 0 Å². The van der Waals surface area contributed by atoms with Crippen LogP contribution in [0.15, 0.2) is 12.1 Å². The van der Waals surface area contributed by atoms with Crippen LogP contribution in [0.5, 0.6) is 0 Å². The third kappa shape index (κ3) is 3.00. The molecule has 0 saturated carbocycles. The average Bonchev–Trinajstić information content (AvgIpc) is 2.21. The fourth-order valence-corrected chi connectivity index (χ4v) is 1.43. The van der Waals surface area contributed by atoms with E-state index in [1.165, 1.54) is 12.1 Å². The van der Waals surface area contributed by atoms with Gasteiger partial charge in [-0.05, 0) is 18.6 Å². The van der Waals surface area contributed by atoms with Crippen LogP contribution in [0.25, 0.3) is 0 Å². The lowest BCUT2D eigenvalue weighted by Gasteiger charge is -2.16. The summed E-state index contributed by atoms with van der Waals surface area (Å²) in [5.41, 5.74) is 0.0770. The summed E-state index contributed by atoms with van der Waals surface area (Å²) in [7, 11) is 0. The molecule has 1 rings (SSSR count). The largest absolute Gasteiger partial charge is 0.387 e. The van der Waals surface area contributed by atoms with Crippen molar-refractivity contribution in [1.82, 2.24) is 5.32 Å². The van der Waals surface area contributed by atoms with Gasteiger partial charge in [-0.2, -0.15) is 0 Å². The van der Waals surface area contributed by atoms with Gasteiger partial charge >= 0.3 is 0 Å². The second-order valence-corrected chi connectivity index (χ2v) is 4.17. The SMILES string of the molecule is Cc1ccc(F)c(C(O)CNC(C)C)c1F. The Kier molecular flexibility index (Phi) is 4.38. The molecule has 0 radical (unpaired) electrons. The highest BCUT2D eigenvalue weighted by Crippen LogP contribution is 2.22. The number of aryl methyl sites for hydroxylation is 1. The fraction of sp³-hybridized carbons (Fsp3) is 0.500. The molecule has 0 bridgehead atoms. The van der Waals surface area contributed by atoms with Crippen molar-refractivity contribution in [3.63, 3.8) is 0 Å². The van der Waals surface area contributed by atoms with E-state index in [0.29, 0.717) is 5.56 Å². The predicted molar refractivity (Wildman–Crippen MR) is 59.2 cm³/mol. The first-order chi connectivity index (χ1) is 7.43. The molecule has 1 aromatic carbocycles. The van der Waals surface area contributed by atoms with E-state index in [2.05, 4.69) is 5.32 Å². The van der Waals surface area contributed by atoms with Crippen LogP contribution in [0.2, 0.25) is 0 Å². The number of halogens is 2. The Morgan fingerprint density at radius 2 is 1.94 bits per heavy atom. The molecular weight excluding hydrogens is 212 g/mol. The molecule has 0 spiro atoms. The molecule has 90 valence electrons. The molecular formula is C12H17F2NO. The second-order valence-electron chi connectivity index (χ2n) is 4.17. The number of benzene rings is 1. The van der Waals surface area contributed by atoms with Gasteiger partial charge in [-0.1, -0.05) is 19.9 Å². The molecule has 0 heterocycles. The summed E-state index contributed by atoms with van der Waals surface area (Å²) in [4.78, 5) is 0. The third-order valence-corrected chi connectivity index (χ3v) is 2.37. The monoisotopic (exact) mass is 229 g/mol. The zero-order valence-corrected chi connectivity index (χ0v) is 9.72. The van der Waals surface area contributed by atoms with E-state index in [4.69, 9.17) is 0 Å². The average molecular weight is 229 g/mol. The Hall–Kier alpha value is -1.00. The summed E-state index contributed by atoms with van der Waals surface area (Å²) >= 11 is 0. The summed E-state index contributed by atoms with van der Waals surface area (Å²) in [5.74, 6) is -1.38. The van der Waals surface area contributed by atoms with Gasteiger partial charge in [-0.3, -0.25) is 0 Å². The summed E-state index contributed by atoms with van der Waals surface area (Å²) in [6.07, 6.45) is -1.16. The molecule has 0 saturated heterocycles. The fourth-order valence-electron chi connectivity index (χ4n) is 1.43. The number of hydrogen-bond donors (Lipinski definition) is 2. The van der Waals surface area contributed by atoms with Crippen LogP contribution in [0.1, 0.15) is 31.1 Å². The van der Waals surface area contributed by atoms with Crippen LogP contribution in [0.3, 0.4) is 0 Å². The highest BCUT2D eigenvalue weighted by molar-refractivity contribution is 5.28. The summed E-state index contributed by atoms with van der Waals surface area (Å²) in [6, 6.07) is 2.69. The van der Waals surface area contributed by atoms with E-state index in [1.807, 2.05) is 13.8 Å². The second kappa shape index (κ2) is 5.37. The van der Waals surface area contributed by atoms with Gasteiger partial charge in [-0.25, -0.2) is 8.78 Å². The third-order valence-electron chi connectivity index (χ3n) is 2.37. The van der Waals surface area contributed by atoms with Crippen LogP contribution in [-0.2, 0) is 0 Å². The van der Waals surface area contributed by atoms with Crippen molar-refractivity contribution in [2.75, 3.05) is 6.54 Å². The molecule has 1 aromatic rings. The smallest absolute Gasteiger partial charge is 0.134 e. The van der Waals surface area contributed by atoms with Crippen molar-refractivity contribution in [2.24, 2.45) is 0 Å². The molecule has 0 aliphatic carbocycles. The maximum Gasteiger partial charge on any atom is 0.134 e. The molecule has 0 aliphatic heterocycles. The lowest BCUT2D eigenvalue weighted by atomic mass is 10.0. The van der Waals surface area contributed by atoms with Gasteiger partial charge in [0.05, 0.1) is 11.7 Å². The van der Waals surface area contributed by atoms with Gasteiger partial charge in [0.1, 0.15) is 11.6 Å². The minimum Gasteiger partial charge on any atom is -0.387 e. The Balaban J connectivity index is 2.90. The quantitative estimate of drug-likeness (QED) is 0.830. The maximum atomic E-state index is 13.6. The molecule has 1 atom stereocenters. The molecule has 0 fully saturated rings. The van der Waals surface area contributed by atoms with Crippen LogP contribution >= 0.6 is 0 Å². The first-order valence-corrected chi connectivity index (χ1v) is 5.29. The van der Waals surface area contributed by atoms with Gasteiger partial charge in [0.25, 0.3) is 0 Å². The van der Waals surface area contributed by atoms with E-state index in [-0.39, 0.29) is 18.2 Å². The van der Waals surface area contributed by atoms with Crippen molar-refractivity contribution >= 4 is 0 Å². The van der Waals surface area contributed by atoms with Crippen LogP contribution in [0.4, 0.5) is 8.78 Å². The topological polar surface area (TPSA) is 32.3 Å². The first-order valence-electron chi connectivity index (χ1n) is 5.29. The van der Waals surface area contributed by atoms with Gasteiger partial charge < -0.3 is 10.4 Å². The lowest BCUT2D eigenvalue weighted by Crippen LogP contribution is -2.28. The molecule has 4 heteroatoms. The Morgan fingerprint density at radius 3 is 2.50 bits per heavy atom. The molecule has 1 unspecified atom stereocenters. The highest BCUT2D eigenvalue weighted by Gasteiger charge is 2.19. The van der Waals surface area contributed by atoms with Crippen molar-refractivity contribution in [1.29, 1.82) is 0 Å². The molecule has 2 N–H and O–H groups in total. The van der Waals surface area contributed by atoms with Crippen molar-refractivity contribution in [3.05, 3.63) is 34.9 Å². The van der Waals surface area contributed by atoms with Crippen molar-refractivity contribution in [2.45, 2.75) is 32.9 Å². The number of rotatable bonds is 4. The molecule has 16 heavy (non-hydrogen) atoms. The van der Waals surface area contributed by atoms with Crippen molar-refractivity contribution in [3.8, 4) is 0 Å². The maximum absolute atomic E-state index is 13.6. The van der Waals surface area contributed by atoms with Crippen LogP contribution in [-0.4, -0.2) is 17.7 Å². The Labute approximate surface area is 94.3 Å². The normalized spacial score (nSPS) is 13.2. The highest BCUT2D eigenvalue weighted by atomic mass is 19.1. The molecule has 0 aliphatic rings. The number of aliphatic hydroxyl groups is 1. The summed E-state index contributed by atoms with van der Waals surface area (Å²) in [6.45, 7) is 5.47. The van der Waals surface area contributed by atoms with Gasteiger partial charge in [0, 0.05) is 12.6 Å². The minimum absolute atomic E-state index is 0.134. The number of hydrogen-bond acceptors (Lipinski definition) is 2. The van der Waals surface area contributed by atoms with E-state index in [9.17, 15) is 13.9 Å². The van der Waals surface area contributed by atoms with E-state index >= 15 is 0 Å². The number of aliphatic hydroxyl groups excluding tert-OH is 1. The van der Waals surface area contributed by atoms with Crippen molar-refractivity contribution < 1.29 is 13.9 Å². The van der Waals surface area contributed by atoms with E-state index in [1.54, 1.807) is 6.92 Å². The standard InChI is InChI=1S/C12H17F2NO/c1-7(2)15-6-10(16)11-9(13)5-4-8(3)12(11)14/h4-5,7,10,15-16H,6H2,1-3H3. The first kappa shape index (κ1) is 13.1. The van der Waals surface area contributed by atoms with Gasteiger partial charge in [0.15, 0.2) is 0 Å². The molecule has 2 nitrogen and oxygen atoms in total. The zero-order valence-electron chi connectivity index (χ0n) is 9.72. The zero-order chi connectivity index (χ0) is 12.3. The summed E-state index contributed by atoms with van der Waals surface area (Å²) in [5, 5.41) is 12.6. The predicted octanol–water partition coefficient (Wildman–Crippen LogP) is 2.30. The van der Waals surface area contributed by atoms with E-state index < -0.39 is 17.7 Å². The van der Waals surface area contributed by atoms with E-state index in [0.717, 1.165) is 0 Å². The minimum atomic E-state index is -1.16. The number of nitrogens with one attached hydrogen (secondary N) is 1. The molecule has 0 aromatic heterocycles. The van der Waals surface area contributed by atoms with Crippen LogP contribution < -0.4 is 5.32 Å². The Morgan fingerprint density at radius 1 is 1.31 bits per heavy atom. The van der Waals surface area contributed by atoms with Gasteiger partial charge in [0.2, 0.25) is 0 Å². The Bertz CT molecular complexity index is 366.